The number of hydrogen-bond acceptors (Lipinski definition) is 6. The summed E-state index contributed by atoms with van der Waals surface area (Å²) in [6.45, 7) is 0. The van der Waals surface area contributed by atoms with Crippen molar-refractivity contribution in [3.05, 3.63) is 24.3 Å². The molecule has 1 unspecified atom stereocenters. The topological polar surface area (TPSA) is 77.0 Å². The monoisotopic (exact) mass is 294 g/mol. The third-order valence-corrected chi connectivity index (χ3v) is 3.70. The highest BCUT2D eigenvalue weighted by Crippen LogP contribution is 2.29. The summed E-state index contributed by atoms with van der Waals surface area (Å²) in [5.74, 6) is -0.0968. The Bertz CT molecular complexity index is 559. The van der Waals surface area contributed by atoms with E-state index in [9.17, 15) is 9.59 Å². The Morgan fingerprint density at radius 3 is 2.85 bits per heavy atom. The number of carbonyl (C=O) groups excluding carboxylic acids is 2. The van der Waals surface area contributed by atoms with E-state index in [0.717, 1.165) is 0 Å². The standard InChI is InChI=1S/C13H14N2O4S/c1-18-9-6-4-3-5-8(9)14-13-15-11(16)7-10(20-13)12(17)19-2/h3-6,10H,7H2,1-2H3,(H,14,15,16). The minimum absolute atomic E-state index is 0.0856. The summed E-state index contributed by atoms with van der Waals surface area (Å²) in [4.78, 5) is 27.5. The molecular weight excluding hydrogens is 280 g/mol. The molecule has 1 aliphatic rings. The fourth-order valence-electron chi connectivity index (χ4n) is 1.69. The zero-order chi connectivity index (χ0) is 14.5. The van der Waals surface area contributed by atoms with Crippen LogP contribution in [-0.4, -0.2) is 36.5 Å². The number of para-hydroxylation sites is 2. The minimum atomic E-state index is -0.567. The van der Waals surface area contributed by atoms with Gasteiger partial charge in [-0.05, 0) is 12.1 Å². The number of amides is 1. The van der Waals surface area contributed by atoms with Crippen LogP contribution in [0.5, 0.6) is 5.75 Å². The Labute approximate surface area is 120 Å². The van der Waals surface area contributed by atoms with Crippen LogP contribution in [0.4, 0.5) is 5.69 Å². The Morgan fingerprint density at radius 1 is 1.40 bits per heavy atom. The second kappa shape index (κ2) is 6.42. The first-order valence-electron chi connectivity index (χ1n) is 5.90. The van der Waals surface area contributed by atoms with E-state index in [-0.39, 0.29) is 12.3 Å². The van der Waals surface area contributed by atoms with Gasteiger partial charge in [0.05, 0.1) is 14.2 Å². The Balaban J connectivity index is 2.24. The summed E-state index contributed by atoms with van der Waals surface area (Å²) in [6.07, 6.45) is 0.0856. The van der Waals surface area contributed by atoms with Gasteiger partial charge >= 0.3 is 5.97 Å². The third-order valence-electron chi connectivity index (χ3n) is 2.64. The van der Waals surface area contributed by atoms with E-state index in [1.54, 1.807) is 19.2 Å². The van der Waals surface area contributed by atoms with Gasteiger partial charge in [0, 0.05) is 6.42 Å². The number of aliphatic imine (C=N–C) groups is 1. The molecule has 6 nitrogen and oxygen atoms in total. The number of amidine groups is 1. The number of esters is 1. The molecule has 0 bridgehead atoms. The molecule has 1 fully saturated rings. The third kappa shape index (κ3) is 3.30. The first-order valence-corrected chi connectivity index (χ1v) is 6.78. The molecule has 2 rings (SSSR count). The molecule has 1 saturated heterocycles. The highest BCUT2D eigenvalue weighted by molar-refractivity contribution is 8.15. The average molecular weight is 294 g/mol. The molecular formula is C13H14N2O4S. The number of nitrogens with zero attached hydrogens (tertiary/aromatic N) is 1. The minimum Gasteiger partial charge on any atom is -0.494 e. The zero-order valence-electron chi connectivity index (χ0n) is 11.1. The number of nitrogens with one attached hydrogen (secondary N) is 1. The molecule has 20 heavy (non-hydrogen) atoms. The Morgan fingerprint density at radius 2 is 2.15 bits per heavy atom. The van der Waals surface area contributed by atoms with Gasteiger partial charge in [-0.1, -0.05) is 23.9 Å². The van der Waals surface area contributed by atoms with Crippen LogP contribution in [0.15, 0.2) is 29.3 Å². The van der Waals surface area contributed by atoms with E-state index in [2.05, 4.69) is 15.0 Å². The molecule has 1 N–H and O–H groups in total. The van der Waals surface area contributed by atoms with E-state index in [4.69, 9.17) is 4.74 Å². The van der Waals surface area contributed by atoms with Gasteiger partial charge in [-0.25, -0.2) is 4.99 Å². The van der Waals surface area contributed by atoms with Gasteiger partial charge in [-0.3, -0.25) is 9.59 Å². The maximum Gasteiger partial charge on any atom is 0.319 e. The maximum absolute atomic E-state index is 11.6. The lowest BCUT2D eigenvalue weighted by atomic mass is 10.3. The van der Waals surface area contributed by atoms with Crippen LogP contribution < -0.4 is 10.1 Å². The zero-order valence-corrected chi connectivity index (χ0v) is 11.9. The SMILES string of the molecule is COC(=O)C1CC(=O)NC(=Nc2ccccc2OC)S1. The summed E-state index contributed by atoms with van der Waals surface area (Å²) in [5, 5.41) is 2.43. The van der Waals surface area contributed by atoms with E-state index in [0.29, 0.717) is 16.6 Å². The second-order valence-electron chi connectivity index (χ2n) is 3.97. The summed E-state index contributed by atoms with van der Waals surface area (Å²) in [7, 11) is 2.84. The normalized spacial score (nSPS) is 20.4. The lowest BCUT2D eigenvalue weighted by Gasteiger charge is -2.21. The van der Waals surface area contributed by atoms with Gasteiger partial charge in [-0.15, -0.1) is 0 Å². The van der Waals surface area contributed by atoms with Crippen molar-refractivity contribution in [2.45, 2.75) is 11.7 Å². The molecule has 1 aromatic rings. The maximum atomic E-state index is 11.6. The molecule has 7 heteroatoms. The van der Waals surface area contributed by atoms with Crippen molar-refractivity contribution in [1.29, 1.82) is 0 Å². The van der Waals surface area contributed by atoms with Crippen molar-refractivity contribution < 1.29 is 19.1 Å². The highest BCUT2D eigenvalue weighted by atomic mass is 32.2. The van der Waals surface area contributed by atoms with Crippen molar-refractivity contribution in [2.24, 2.45) is 4.99 Å². The van der Waals surface area contributed by atoms with Crippen LogP contribution in [-0.2, 0) is 14.3 Å². The molecule has 0 saturated carbocycles. The largest absolute Gasteiger partial charge is 0.494 e. The molecule has 1 atom stereocenters. The molecule has 1 amide bonds. The van der Waals surface area contributed by atoms with Crippen molar-refractivity contribution in [3.8, 4) is 5.75 Å². The highest BCUT2D eigenvalue weighted by Gasteiger charge is 2.31. The quantitative estimate of drug-likeness (QED) is 0.854. The predicted molar refractivity (Wildman–Crippen MR) is 76.2 cm³/mol. The summed E-state index contributed by atoms with van der Waals surface area (Å²) in [6, 6.07) is 7.17. The number of benzene rings is 1. The van der Waals surface area contributed by atoms with Crippen molar-refractivity contribution in [3.63, 3.8) is 0 Å². The molecule has 1 aliphatic heterocycles. The van der Waals surface area contributed by atoms with Gasteiger partial charge < -0.3 is 14.8 Å². The van der Waals surface area contributed by atoms with E-state index in [1.807, 2.05) is 12.1 Å². The van der Waals surface area contributed by atoms with E-state index in [1.165, 1.54) is 18.9 Å². The average Bonchev–Trinajstić information content (AvgIpc) is 2.46. The number of methoxy groups -OCH3 is 2. The fraction of sp³-hybridized carbons (Fsp3) is 0.308. The van der Waals surface area contributed by atoms with Crippen molar-refractivity contribution >= 4 is 34.5 Å². The van der Waals surface area contributed by atoms with Crippen molar-refractivity contribution in [1.82, 2.24) is 5.32 Å². The number of hydrogen-bond donors (Lipinski definition) is 1. The summed E-state index contributed by atoms with van der Waals surface area (Å²) >= 11 is 1.17. The number of thioether (sulfide) groups is 1. The molecule has 0 radical (unpaired) electrons. The lowest BCUT2D eigenvalue weighted by Crippen LogP contribution is -2.40. The predicted octanol–water partition coefficient (Wildman–Crippen LogP) is 1.48. The van der Waals surface area contributed by atoms with Crippen molar-refractivity contribution in [2.75, 3.05) is 14.2 Å². The van der Waals surface area contributed by atoms with Gasteiger partial charge in [0.15, 0.2) is 5.17 Å². The van der Waals surface area contributed by atoms with Gasteiger partial charge in [0.25, 0.3) is 0 Å². The van der Waals surface area contributed by atoms with Crippen LogP contribution in [0, 0.1) is 0 Å². The number of carbonyl (C=O) groups is 2. The van der Waals surface area contributed by atoms with Crippen LogP contribution in [0.2, 0.25) is 0 Å². The molecule has 1 aromatic carbocycles. The molecule has 0 spiro atoms. The van der Waals surface area contributed by atoms with Gasteiger partial charge in [0.1, 0.15) is 16.7 Å². The van der Waals surface area contributed by atoms with Crippen LogP contribution >= 0.6 is 11.8 Å². The Hall–Kier alpha value is -2.02. The van der Waals surface area contributed by atoms with Gasteiger partial charge in [0.2, 0.25) is 5.91 Å². The number of rotatable bonds is 3. The smallest absolute Gasteiger partial charge is 0.319 e. The first-order chi connectivity index (χ1) is 9.63. The number of ether oxygens (including phenoxy) is 2. The Kier molecular flexibility index (Phi) is 4.62. The summed E-state index contributed by atoms with van der Waals surface area (Å²) < 4.78 is 9.85. The van der Waals surface area contributed by atoms with Crippen LogP contribution in [0.25, 0.3) is 0 Å². The lowest BCUT2D eigenvalue weighted by molar-refractivity contribution is -0.141. The molecule has 1 heterocycles. The van der Waals surface area contributed by atoms with E-state index >= 15 is 0 Å². The van der Waals surface area contributed by atoms with E-state index < -0.39 is 11.2 Å². The van der Waals surface area contributed by atoms with Crippen LogP contribution in [0.1, 0.15) is 6.42 Å². The molecule has 106 valence electrons. The first kappa shape index (κ1) is 14.4. The van der Waals surface area contributed by atoms with Crippen LogP contribution in [0.3, 0.4) is 0 Å². The molecule has 0 aliphatic carbocycles. The summed E-state index contributed by atoms with van der Waals surface area (Å²) in [5.41, 5.74) is 0.586. The molecule has 0 aromatic heterocycles. The van der Waals surface area contributed by atoms with Gasteiger partial charge in [-0.2, -0.15) is 0 Å². The fourth-order valence-corrected chi connectivity index (χ4v) is 2.71. The second-order valence-corrected chi connectivity index (χ2v) is 5.16.